The maximum Gasteiger partial charge on any atom is 0.224 e. The molecule has 0 spiro atoms. The van der Waals surface area contributed by atoms with Gasteiger partial charge in [-0.2, -0.15) is 9.61 Å². The molecule has 9 nitrogen and oxygen atoms in total. The van der Waals surface area contributed by atoms with Crippen LogP contribution in [0.25, 0.3) is 5.65 Å². The van der Waals surface area contributed by atoms with Crippen LogP contribution in [-0.4, -0.2) is 40.8 Å². The van der Waals surface area contributed by atoms with Crippen molar-refractivity contribution in [3.8, 4) is 11.5 Å². The van der Waals surface area contributed by atoms with Crippen molar-refractivity contribution in [2.75, 3.05) is 36.2 Å². The number of hydrogen-bond acceptors (Lipinski definition) is 7. The van der Waals surface area contributed by atoms with Crippen LogP contribution in [0.1, 0.15) is 19.8 Å². The molecule has 152 valence electrons. The van der Waals surface area contributed by atoms with E-state index in [2.05, 4.69) is 26.0 Å². The van der Waals surface area contributed by atoms with Gasteiger partial charge in [0.1, 0.15) is 36.2 Å². The number of carbonyl (C=O) groups excluding carboxylic acids is 1. The van der Waals surface area contributed by atoms with Gasteiger partial charge in [0.25, 0.3) is 0 Å². The quantitative estimate of drug-likeness (QED) is 0.584. The molecular weight excluding hydrogens is 379 g/mol. The van der Waals surface area contributed by atoms with E-state index < -0.39 is 5.82 Å². The molecule has 0 saturated heterocycles. The summed E-state index contributed by atoms with van der Waals surface area (Å²) < 4.78 is 27.2. The highest BCUT2D eigenvalue weighted by Gasteiger charge is 2.21. The molecule has 1 aliphatic rings. The number of nitrogens with zero attached hydrogens (tertiary/aromatic N) is 3. The third-order valence-electron chi connectivity index (χ3n) is 4.39. The van der Waals surface area contributed by atoms with E-state index in [9.17, 15) is 9.18 Å². The average Bonchev–Trinajstić information content (AvgIpc) is 3.12. The first kappa shape index (κ1) is 18.8. The molecule has 0 aliphatic carbocycles. The zero-order valence-electron chi connectivity index (χ0n) is 16.1. The number of carbonyl (C=O) groups is 1. The SMILES string of the molecule is CCCC(=O)Nc1cnn2c(NC)cc(Nc3c(F)ccc4c3OCCO4)nc12. The van der Waals surface area contributed by atoms with Crippen LogP contribution in [0, 0.1) is 5.82 Å². The Bertz CT molecular complexity index is 1070. The summed E-state index contributed by atoms with van der Waals surface area (Å²) in [6.07, 6.45) is 2.66. The molecular formula is C19H21FN6O3. The highest BCUT2D eigenvalue weighted by Crippen LogP contribution is 2.40. The van der Waals surface area contributed by atoms with E-state index in [1.807, 2.05) is 6.92 Å². The number of nitrogens with one attached hydrogen (secondary N) is 3. The van der Waals surface area contributed by atoms with Gasteiger partial charge in [0.15, 0.2) is 23.0 Å². The van der Waals surface area contributed by atoms with Crippen LogP contribution in [-0.2, 0) is 4.79 Å². The molecule has 0 saturated carbocycles. The lowest BCUT2D eigenvalue weighted by Gasteiger charge is -2.22. The number of ether oxygens (including phenoxy) is 2. The molecule has 29 heavy (non-hydrogen) atoms. The zero-order valence-corrected chi connectivity index (χ0v) is 16.1. The molecule has 0 atom stereocenters. The second-order valence-corrected chi connectivity index (χ2v) is 6.44. The van der Waals surface area contributed by atoms with Crippen LogP contribution < -0.4 is 25.4 Å². The average molecular weight is 400 g/mol. The minimum Gasteiger partial charge on any atom is -0.486 e. The summed E-state index contributed by atoms with van der Waals surface area (Å²) in [5, 5.41) is 13.1. The highest BCUT2D eigenvalue weighted by atomic mass is 19.1. The van der Waals surface area contributed by atoms with Crippen molar-refractivity contribution in [2.24, 2.45) is 0 Å². The molecule has 3 N–H and O–H groups in total. The predicted molar refractivity (Wildman–Crippen MR) is 107 cm³/mol. The van der Waals surface area contributed by atoms with Gasteiger partial charge < -0.3 is 25.4 Å². The number of aromatic nitrogens is 3. The van der Waals surface area contributed by atoms with Crippen molar-refractivity contribution in [2.45, 2.75) is 19.8 Å². The minimum atomic E-state index is -0.494. The Morgan fingerprint density at radius 2 is 2.14 bits per heavy atom. The lowest BCUT2D eigenvalue weighted by atomic mass is 10.2. The third-order valence-corrected chi connectivity index (χ3v) is 4.39. The second kappa shape index (κ2) is 7.82. The Labute approximate surface area is 166 Å². The zero-order chi connectivity index (χ0) is 20.4. The van der Waals surface area contributed by atoms with Crippen LogP contribution in [0.4, 0.5) is 27.4 Å². The highest BCUT2D eigenvalue weighted by molar-refractivity contribution is 5.94. The molecule has 1 aromatic carbocycles. The van der Waals surface area contributed by atoms with Crippen molar-refractivity contribution in [1.82, 2.24) is 14.6 Å². The Balaban J connectivity index is 1.74. The molecule has 0 radical (unpaired) electrons. The first-order valence-corrected chi connectivity index (χ1v) is 9.32. The Morgan fingerprint density at radius 1 is 1.31 bits per heavy atom. The summed E-state index contributed by atoms with van der Waals surface area (Å²) in [4.78, 5) is 16.5. The molecule has 0 fully saturated rings. The van der Waals surface area contributed by atoms with Gasteiger partial charge in [0.2, 0.25) is 5.91 Å². The van der Waals surface area contributed by atoms with Crippen LogP contribution >= 0.6 is 0 Å². The molecule has 1 amide bonds. The van der Waals surface area contributed by atoms with Crippen molar-refractivity contribution in [3.05, 3.63) is 30.2 Å². The van der Waals surface area contributed by atoms with Gasteiger partial charge in [-0.15, -0.1) is 0 Å². The van der Waals surface area contributed by atoms with Crippen molar-refractivity contribution < 1.29 is 18.7 Å². The summed E-state index contributed by atoms with van der Waals surface area (Å²) in [5.41, 5.74) is 1.03. The van der Waals surface area contributed by atoms with Gasteiger partial charge >= 0.3 is 0 Å². The van der Waals surface area contributed by atoms with E-state index in [0.717, 1.165) is 6.42 Å². The van der Waals surface area contributed by atoms with Crippen molar-refractivity contribution in [3.63, 3.8) is 0 Å². The maximum atomic E-state index is 14.5. The van der Waals surface area contributed by atoms with E-state index in [4.69, 9.17) is 9.47 Å². The standard InChI is InChI=1S/C19H21FN6O3/c1-3-4-16(27)23-12-10-22-26-15(21-2)9-14(25-19(12)26)24-17-11(20)5-6-13-18(17)29-8-7-28-13/h5-6,9-10,21H,3-4,7-8H2,1-2H3,(H,23,27)(H,24,25). The van der Waals surface area contributed by atoms with E-state index in [-0.39, 0.29) is 11.6 Å². The van der Waals surface area contributed by atoms with E-state index in [1.54, 1.807) is 17.6 Å². The van der Waals surface area contributed by atoms with Crippen LogP contribution in [0.2, 0.25) is 0 Å². The molecule has 1 aliphatic heterocycles. The topological polar surface area (TPSA) is 102 Å². The Hall–Kier alpha value is -3.56. The van der Waals surface area contributed by atoms with Gasteiger partial charge in [-0.25, -0.2) is 9.37 Å². The van der Waals surface area contributed by atoms with Gasteiger partial charge in [-0.1, -0.05) is 6.92 Å². The van der Waals surface area contributed by atoms with Crippen molar-refractivity contribution >= 4 is 34.6 Å². The molecule has 0 unspecified atom stereocenters. The molecule has 10 heteroatoms. The normalized spacial score (nSPS) is 12.7. The second-order valence-electron chi connectivity index (χ2n) is 6.44. The summed E-state index contributed by atoms with van der Waals surface area (Å²) in [5.74, 6) is 1.11. The lowest BCUT2D eigenvalue weighted by Crippen LogP contribution is -2.17. The fraction of sp³-hybridized carbons (Fsp3) is 0.316. The molecule has 0 bridgehead atoms. The number of amides is 1. The van der Waals surface area contributed by atoms with Crippen LogP contribution in [0.15, 0.2) is 24.4 Å². The number of hydrogen-bond donors (Lipinski definition) is 3. The fourth-order valence-electron chi connectivity index (χ4n) is 3.07. The molecule has 2 aromatic heterocycles. The lowest BCUT2D eigenvalue weighted by molar-refractivity contribution is -0.116. The van der Waals surface area contributed by atoms with Gasteiger partial charge in [-0.3, -0.25) is 4.79 Å². The maximum absolute atomic E-state index is 14.5. The number of anilines is 4. The van der Waals surface area contributed by atoms with E-state index in [1.165, 1.54) is 18.3 Å². The summed E-state index contributed by atoms with van der Waals surface area (Å²) in [6, 6.07) is 4.52. The predicted octanol–water partition coefficient (Wildman–Crippen LogP) is 3.16. The van der Waals surface area contributed by atoms with Crippen LogP contribution in [0.5, 0.6) is 11.5 Å². The smallest absolute Gasteiger partial charge is 0.224 e. The van der Waals surface area contributed by atoms with Gasteiger partial charge in [0, 0.05) is 19.5 Å². The van der Waals surface area contributed by atoms with E-state index in [0.29, 0.717) is 54.1 Å². The Kier molecular flexibility index (Phi) is 5.07. The largest absolute Gasteiger partial charge is 0.486 e. The summed E-state index contributed by atoms with van der Waals surface area (Å²) in [7, 11) is 1.73. The fourth-order valence-corrected chi connectivity index (χ4v) is 3.07. The minimum absolute atomic E-state index is 0.123. The number of rotatable bonds is 6. The molecule has 3 heterocycles. The molecule has 4 rings (SSSR count). The van der Waals surface area contributed by atoms with Gasteiger partial charge in [-0.05, 0) is 18.6 Å². The monoisotopic (exact) mass is 400 g/mol. The third kappa shape index (κ3) is 3.60. The number of benzene rings is 1. The summed E-state index contributed by atoms with van der Waals surface area (Å²) in [6.45, 7) is 2.66. The first-order valence-electron chi connectivity index (χ1n) is 9.32. The Morgan fingerprint density at radius 3 is 2.93 bits per heavy atom. The number of halogens is 1. The van der Waals surface area contributed by atoms with Gasteiger partial charge in [0.05, 0.1) is 6.20 Å². The van der Waals surface area contributed by atoms with Crippen molar-refractivity contribution in [1.29, 1.82) is 0 Å². The first-order chi connectivity index (χ1) is 14.1. The summed E-state index contributed by atoms with van der Waals surface area (Å²) >= 11 is 0. The van der Waals surface area contributed by atoms with E-state index >= 15 is 0 Å². The van der Waals surface area contributed by atoms with Crippen LogP contribution in [0.3, 0.4) is 0 Å². The molecule has 3 aromatic rings. The number of fused-ring (bicyclic) bond motifs is 2.